The third kappa shape index (κ3) is 4.07. The Kier molecular flexibility index (Phi) is 4.91. The van der Waals surface area contributed by atoms with Gasteiger partial charge >= 0.3 is 6.18 Å². The summed E-state index contributed by atoms with van der Waals surface area (Å²) in [6, 6.07) is 8.65. The molecule has 0 aliphatic rings. The highest BCUT2D eigenvalue weighted by Gasteiger charge is 2.41. The number of anilines is 1. The van der Waals surface area contributed by atoms with Crippen LogP contribution in [0.25, 0.3) is 0 Å². The smallest absolute Gasteiger partial charge is 0.284 e. The van der Waals surface area contributed by atoms with Gasteiger partial charge in [-0.15, -0.1) is 0 Å². The number of ketones is 1. The van der Waals surface area contributed by atoms with Gasteiger partial charge in [-0.05, 0) is 37.3 Å². The summed E-state index contributed by atoms with van der Waals surface area (Å²) in [5, 5.41) is -0.124. The molecule has 0 aliphatic heterocycles. The number of hydrogen-bond donors (Lipinski definition) is 1. The van der Waals surface area contributed by atoms with Crippen LogP contribution < -0.4 is 4.72 Å². The van der Waals surface area contributed by atoms with Gasteiger partial charge < -0.3 is 0 Å². The second-order valence-electron chi connectivity index (χ2n) is 4.94. The van der Waals surface area contributed by atoms with Crippen molar-refractivity contribution in [3.05, 3.63) is 58.6 Å². The fraction of sp³-hybridized carbons (Fsp3) is 0.133. The monoisotopic (exact) mass is 377 g/mol. The van der Waals surface area contributed by atoms with Crippen LogP contribution in [0.4, 0.5) is 18.9 Å². The highest BCUT2D eigenvalue weighted by Crippen LogP contribution is 2.30. The van der Waals surface area contributed by atoms with Gasteiger partial charge in [-0.2, -0.15) is 13.2 Å². The van der Waals surface area contributed by atoms with Crippen LogP contribution in [0.15, 0.2) is 47.4 Å². The number of alkyl halides is 3. The zero-order valence-electron chi connectivity index (χ0n) is 12.2. The van der Waals surface area contributed by atoms with Crippen molar-refractivity contribution in [2.75, 3.05) is 4.72 Å². The first-order chi connectivity index (χ1) is 11.0. The summed E-state index contributed by atoms with van der Waals surface area (Å²) in [7, 11) is -4.16. The van der Waals surface area contributed by atoms with Crippen molar-refractivity contribution in [3.63, 3.8) is 0 Å². The average molecular weight is 378 g/mol. The number of sulfonamides is 1. The van der Waals surface area contributed by atoms with E-state index in [1.165, 1.54) is 30.3 Å². The van der Waals surface area contributed by atoms with E-state index in [-0.39, 0.29) is 9.92 Å². The zero-order valence-corrected chi connectivity index (χ0v) is 13.8. The molecule has 0 bridgehead atoms. The summed E-state index contributed by atoms with van der Waals surface area (Å²) in [5.74, 6) is -2.19. The second kappa shape index (κ2) is 6.45. The molecule has 2 aromatic carbocycles. The van der Waals surface area contributed by atoms with Gasteiger partial charge in [0, 0.05) is 5.02 Å². The number of Topliss-reactive ketones (excluding diaryl/α,β-unsaturated/α-hetero) is 1. The Hall–Kier alpha value is -2.06. The Morgan fingerprint density at radius 2 is 1.67 bits per heavy atom. The highest BCUT2D eigenvalue weighted by molar-refractivity contribution is 7.92. The Balaban J connectivity index is 2.46. The standard InChI is InChI=1S/C15H11ClF3NO3S/c1-9-2-5-11(6-3-9)24(22,23)20-13-7-4-10(16)8-12(13)14(21)15(17,18)19/h2-8,20H,1H3. The van der Waals surface area contributed by atoms with Crippen LogP contribution in [0, 0.1) is 6.92 Å². The first-order valence-corrected chi connectivity index (χ1v) is 8.37. The maximum absolute atomic E-state index is 12.7. The van der Waals surface area contributed by atoms with Gasteiger partial charge in [-0.25, -0.2) is 8.42 Å². The minimum atomic E-state index is -5.16. The molecule has 0 atom stereocenters. The molecule has 0 unspecified atom stereocenters. The van der Waals surface area contributed by atoms with E-state index in [1.807, 2.05) is 4.72 Å². The van der Waals surface area contributed by atoms with Crippen molar-refractivity contribution < 1.29 is 26.4 Å². The fourth-order valence-electron chi connectivity index (χ4n) is 1.87. The number of rotatable bonds is 4. The highest BCUT2D eigenvalue weighted by atomic mass is 35.5. The normalized spacial score (nSPS) is 12.0. The quantitative estimate of drug-likeness (QED) is 0.812. The van der Waals surface area contributed by atoms with E-state index >= 15 is 0 Å². The van der Waals surface area contributed by atoms with E-state index in [1.54, 1.807) is 6.92 Å². The van der Waals surface area contributed by atoms with Gasteiger partial charge in [-0.1, -0.05) is 29.3 Å². The van der Waals surface area contributed by atoms with Crippen molar-refractivity contribution in [3.8, 4) is 0 Å². The molecular formula is C15H11ClF3NO3S. The molecule has 24 heavy (non-hydrogen) atoms. The van der Waals surface area contributed by atoms with E-state index in [0.29, 0.717) is 0 Å². The number of carbonyl (C=O) groups excluding carboxylic acids is 1. The summed E-state index contributed by atoms with van der Waals surface area (Å²) in [6.45, 7) is 1.75. The van der Waals surface area contributed by atoms with Gasteiger partial charge in [0.2, 0.25) is 0 Å². The molecule has 128 valence electrons. The molecule has 0 fully saturated rings. The number of nitrogens with one attached hydrogen (secondary N) is 1. The van der Waals surface area contributed by atoms with Crippen LogP contribution in [-0.2, 0) is 10.0 Å². The molecule has 0 aliphatic carbocycles. The van der Waals surface area contributed by atoms with Crippen LogP contribution >= 0.6 is 11.6 Å². The first kappa shape index (κ1) is 18.3. The summed E-state index contributed by atoms with van der Waals surface area (Å²) in [4.78, 5) is 11.3. The molecule has 0 radical (unpaired) electrons. The average Bonchev–Trinajstić information content (AvgIpc) is 2.47. The molecule has 2 aromatic rings. The van der Waals surface area contributed by atoms with Gasteiger partial charge in [0.15, 0.2) is 0 Å². The maximum atomic E-state index is 12.7. The van der Waals surface area contributed by atoms with Crippen molar-refractivity contribution in [1.82, 2.24) is 0 Å². The fourth-order valence-corrected chi connectivity index (χ4v) is 3.12. The number of carbonyl (C=O) groups is 1. The van der Waals surface area contributed by atoms with Crippen molar-refractivity contribution in [2.24, 2.45) is 0 Å². The Labute approximate surface area is 141 Å². The van der Waals surface area contributed by atoms with Crippen LogP contribution in [0.5, 0.6) is 0 Å². The largest absolute Gasteiger partial charge is 0.454 e. The summed E-state index contributed by atoms with van der Waals surface area (Å²) < 4.78 is 64.6. The third-order valence-electron chi connectivity index (χ3n) is 3.06. The zero-order chi connectivity index (χ0) is 18.1. The molecule has 4 nitrogen and oxygen atoms in total. The molecular weight excluding hydrogens is 367 g/mol. The Morgan fingerprint density at radius 3 is 2.21 bits per heavy atom. The van der Waals surface area contributed by atoms with Gasteiger partial charge in [0.05, 0.1) is 16.1 Å². The van der Waals surface area contributed by atoms with Gasteiger partial charge in [-0.3, -0.25) is 9.52 Å². The topological polar surface area (TPSA) is 63.2 Å². The second-order valence-corrected chi connectivity index (χ2v) is 7.05. The molecule has 0 spiro atoms. The van der Waals surface area contributed by atoms with Crippen LogP contribution in [0.1, 0.15) is 15.9 Å². The predicted octanol–water partition coefficient (Wildman–Crippen LogP) is 4.19. The minimum absolute atomic E-state index is 0.124. The third-order valence-corrected chi connectivity index (χ3v) is 4.68. The summed E-state index contributed by atoms with van der Waals surface area (Å²) >= 11 is 5.62. The summed E-state index contributed by atoms with van der Waals surface area (Å²) in [5.41, 5.74) is -0.554. The summed E-state index contributed by atoms with van der Waals surface area (Å²) in [6.07, 6.45) is -5.16. The lowest BCUT2D eigenvalue weighted by Crippen LogP contribution is -2.25. The van der Waals surface area contributed by atoms with E-state index in [2.05, 4.69) is 0 Å². The molecule has 9 heteroatoms. The van der Waals surface area contributed by atoms with Gasteiger partial charge in [0.25, 0.3) is 15.8 Å². The predicted molar refractivity (Wildman–Crippen MR) is 83.8 cm³/mol. The Bertz CT molecular complexity index is 878. The van der Waals surface area contributed by atoms with Crippen LogP contribution in [-0.4, -0.2) is 20.4 Å². The van der Waals surface area contributed by atoms with E-state index in [0.717, 1.165) is 17.7 Å². The number of hydrogen-bond acceptors (Lipinski definition) is 3. The maximum Gasteiger partial charge on any atom is 0.454 e. The molecule has 1 N–H and O–H groups in total. The number of aryl methyl sites for hydroxylation is 1. The number of benzene rings is 2. The van der Waals surface area contributed by atoms with Crippen LogP contribution in [0.3, 0.4) is 0 Å². The first-order valence-electron chi connectivity index (χ1n) is 6.51. The molecule has 2 rings (SSSR count). The Morgan fingerprint density at radius 1 is 1.08 bits per heavy atom. The van der Waals surface area contributed by atoms with E-state index in [4.69, 9.17) is 11.6 Å². The minimum Gasteiger partial charge on any atom is -0.284 e. The molecule has 0 saturated heterocycles. The number of halogens is 4. The lowest BCUT2D eigenvalue weighted by molar-refractivity contribution is -0.0884. The van der Waals surface area contributed by atoms with E-state index < -0.39 is 33.2 Å². The van der Waals surface area contributed by atoms with Crippen molar-refractivity contribution in [1.29, 1.82) is 0 Å². The lowest BCUT2D eigenvalue weighted by atomic mass is 10.1. The lowest BCUT2D eigenvalue weighted by Gasteiger charge is -2.14. The molecule has 0 amide bonds. The van der Waals surface area contributed by atoms with Crippen LogP contribution in [0.2, 0.25) is 5.02 Å². The molecule has 0 saturated carbocycles. The SMILES string of the molecule is Cc1ccc(S(=O)(=O)Nc2ccc(Cl)cc2C(=O)C(F)(F)F)cc1. The van der Waals surface area contributed by atoms with Gasteiger partial charge in [0.1, 0.15) is 0 Å². The van der Waals surface area contributed by atoms with Crippen molar-refractivity contribution in [2.45, 2.75) is 18.0 Å². The molecule has 0 heterocycles. The molecule has 0 aromatic heterocycles. The van der Waals surface area contributed by atoms with E-state index in [9.17, 15) is 26.4 Å². The van der Waals surface area contributed by atoms with Crippen molar-refractivity contribution >= 4 is 33.1 Å².